The fourth-order valence-electron chi connectivity index (χ4n) is 1.85. The zero-order chi connectivity index (χ0) is 13.8. The molecule has 0 atom stereocenters. The van der Waals surface area contributed by atoms with Gasteiger partial charge in [0.1, 0.15) is 0 Å². The van der Waals surface area contributed by atoms with Crippen LogP contribution in [-0.4, -0.2) is 26.9 Å². The van der Waals surface area contributed by atoms with Crippen molar-refractivity contribution in [3.05, 3.63) is 53.7 Å². The maximum absolute atomic E-state index is 5.94. The molecule has 0 fully saturated rings. The predicted octanol–water partition coefficient (Wildman–Crippen LogP) is 3.59. The minimum atomic E-state index is 0.742. The minimum absolute atomic E-state index is 0.742. The Bertz CT molecular complexity index is 713. The molecule has 0 saturated carbocycles. The molecule has 0 unspecified atom stereocenters. The standard InChI is InChI=1S/C14H13ClN4S/c15-11-4-3-5-12(10-11)16-7-9-20-14-18-17-13-6-1-2-8-19(13)14/h1-6,8,10,16H,7,9H2. The molecule has 0 amide bonds. The van der Waals surface area contributed by atoms with E-state index in [2.05, 4.69) is 15.5 Å². The van der Waals surface area contributed by atoms with Gasteiger partial charge in [-0.1, -0.05) is 35.5 Å². The Labute approximate surface area is 126 Å². The zero-order valence-electron chi connectivity index (χ0n) is 10.7. The van der Waals surface area contributed by atoms with Gasteiger partial charge in [0.25, 0.3) is 0 Å². The number of rotatable bonds is 5. The van der Waals surface area contributed by atoms with Crippen LogP contribution >= 0.6 is 23.4 Å². The fraction of sp³-hybridized carbons (Fsp3) is 0.143. The van der Waals surface area contributed by atoms with E-state index in [-0.39, 0.29) is 0 Å². The molecule has 3 rings (SSSR count). The van der Waals surface area contributed by atoms with E-state index < -0.39 is 0 Å². The number of thioether (sulfide) groups is 1. The quantitative estimate of drug-likeness (QED) is 0.578. The topological polar surface area (TPSA) is 42.2 Å². The summed E-state index contributed by atoms with van der Waals surface area (Å²) in [4.78, 5) is 0. The van der Waals surface area contributed by atoms with Gasteiger partial charge >= 0.3 is 0 Å². The van der Waals surface area contributed by atoms with E-state index in [9.17, 15) is 0 Å². The molecule has 1 N–H and O–H groups in total. The van der Waals surface area contributed by atoms with E-state index in [1.54, 1.807) is 11.8 Å². The Kier molecular flexibility index (Phi) is 4.08. The number of hydrogen-bond donors (Lipinski definition) is 1. The average Bonchev–Trinajstić information content (AvgIpc) is 2.87. The number of benzene rings is 1. The van der Waals surface area contributed by atoms with Gasteiger partial charge in [0.15, 0.2) is 10.8 Å². The summed E-state index contributed by atoms with van der Waals surface area (Å²) in [6, 6.07) is 13.6. The van der Waals surface area contributed by atoms with Crippen LogP contribution in [0.15, 0.2) is 53.8 Å². The van der Waals surface area contributed by atoms with Crippen molar-refractivity contribution < 1.29 is 0 Å². The first-order valence-corrected chi connectivity index (χ1v) is 7.61. The third kappa shape index (κ3) is 3.05. The summed E-state index contributed by atoms with van der Waals surface area (Å²) in [6.45, 7) is 0.840. The van der Waals surface area contributed by atoms with Crippen LogP contribution < -0.4 is 5.32 Å². The van der Waals surface area contributed by atoms with Gasteiger partial charge in [-0.3, -0.25) is 4.40 Å². The van der Waals surface area contributed by atoms with Gasteiger partial charge in [-0.25, -0.2) is 0 Å². The van der Waals surface area contributed by atoms with E-state index in [1.807, 2.05) is 53.1 Å². The summed E-state index contributed by atoms with van der Waals surface area (Å²) in [6.07, 6.45) is 1.97. The Hall–Kier alpha value is -1.72. The Morgan fingerprint density at radius 2 is 2.10 bits per heavy atom. The molecule has 0 spiro atoms. The van der Waals surface area contributed by atoms with Crippen molar-refractivity contribution >= 4 is 34.7 Å². The lowest BCUT2D eigenvalue weighted by molar-refractivity contribution is 0.921. The molecule has 0 aliphatic heterocycles. The smallest absolute Gasteiger partial charge is 0.195 e. The van der Waals surface area contributed by atoms with E-state index in [4.69, 9.17) is 11.6 Å². The lowest BCUT2D eigenvalue weighted by atomic mass is 10.3. The SMILES string of the molecule is Clc1cccc(NCCSc2nnc3ccccn23)c1. The Balaban J connectivity index is 1.55. The molecular formula is C14H13ClN4S. The van der Waals surface area contributed by atoms with Gasteiger partial charge in [0.2, 0.25) is 0 Å². The number of anilines is 1. The van der Waals surface area contributed by atoms with Gasteiger partial charge in [0.05, 0.1) is 0 Å². The highest BCUT2D eigenvalue weighted by Crippen LogP contribution is 2.18. The van der Waals surface area contributed by atoms with Crippen molar-refractivity contribution in [3.8, 4) is 0 Å². The summed E-state index contributed by atoms with van der Waals surface area (Å²) >= 11 is 7.61. The molecule has 0 radical (unpaired) electrons. The average molecular weight is 305 g/mol. The summed E-state index contributed by atoms with van der Waals surface area (Å²) in [7, 11) is 0. The number of halogens is 1. The highest BCUT2D eigenvalue weighted by Gasteiger charge is 2.04. The predicted molar refractivity (Wildman–Crippen MR) is 83.7 cm³/mol. The minimum Gasteiger partial charge on any atom is -0.384 e. The Morgan fingerprint density at radius 3 is 3.00 bits per heavy atom. The molecule has 2 heterocycles. The van der Waals surface area contributed by atoms with Crippen molar-refractivity contribution in [2.45, 2.75) is 5.16 Å². The van der Waals surface area contributed by atoms with Crippen LogP contribution in [0.3, 0.4) is 0 Å². The lowest BCUT2D eigenvalue weighted by Crippen LogP contribution is -2.04. The van der Waals surface area contributed by atoms with Crippen molar-refractivity contribution in [1.29, 1.82) is 0 Å². The maximum atomic E-state index is 5.94. The molecule has 3 aromatic rings. The highest BCUT2D eigenvalue weighted by molar-refractivity contribution is 7.99. The van der Waals surface area contributed by atoms with Crippen LogP contribution in [0.25, 0.3) is 5.65 Å². The molecule has 0 aliphatic carbocycles. The molecule has 4 nitrogen and oxygen atoms in total. The van der Waals surface area contributed by atoms with E-state index in [0.29, 0.717) is 0 Å². The number of aromatic nitrogens is 3. The first-order chi connectivity index (χ1) is 9.83. The van der Waals surface area contributed by atoms with Crippen LogP contribution in [0.4, 0.5) is 5.69 Å². The van der Waals surface area contributed by atoms with Crippen LogP contribution in [0.2, 0.25) is 5.02 Å². The second-order valence-electron chi connectivity index (χ2n) is 4.20. The molecule has 1 aromatic carbocycles. The van der Waals surface area contributed by atoms with Crippen molar-refractivity contribution in [3.63, 3.8) is 0 Å². The van der Waals surface area contributed by atoms with Crippen molar-refractivity contribution in [2.24, 2.45) is 0 Å². The molecule has 6 heteroatoms. The second kappa shape index (κ2) is 6.15. The molecule has 20 heavy (non-hydrogen) atoms. The fourth-order valence-corrected chi connectivity index (χ4v) is 2.82. The summed E-state index contributed by atoms with van der Waals surface area (Å²) in [5.41, 5.74) is 1.90. The van der Waals surface area contributed by atoms with Crippen LogP contribution in [0.5, 0.6) is 0 Å². The van der Waals surface area contributed by atoms with Crippen LogP contribution in [-0.2, 0) is 0 Å². The number of nitrogens with one attached hydrogen (secondary N) is 1. The Morgan fingerprint density at radius 1 is 1.15 bits per heavy atom. The first-order valence-electron chi connectivity index (χ1n) is 6.25. The number of pyridine rings is 1. The monoisotopic (exact) mass is 304 g/mol. The summed E-state index contributed by atoms with van der Waals surface area (Å²) < 4.78 is 1.99. The molecule has 0 bridgehead atoms. The summed E-state index contributed by atoms with van der Waals surface area (Å²) in [5, 5.41) is 13.3. The van der Waals surface area contributed by atoms with Crippen LogP contribution in [0, 0.1) is 0 Å². The third-order valence-electron chi connectivity index (χ3n) is 2.77. The van der Waals surface area contributed by atoms with Crippen molar-refractivity contribution in [2.75, 3.05) is 17.6 Å². The third-order valence-corrected chi connectivity index (χ3v) is 3.95. The van der Waals surface area contributed by atoms with Gasteiger partial charge in [-0.2, -0.15) is 0 Å². The normalized spacial score (nSPS) is 10.8. The van der Waals surface area contributed by atoms with Gasteiger partial charge < -0.3 is 5.32 Å². The largest absolute Gasteiger partial charge is 0.384 e. The summed E-state index contributed by atoms with van der Waals surface area (Å²) in [5.74, 6) is 0.905. The molecular weight excluding hydrogens is 292 g/mol. The number of hydrogen-bond acceptors (Lipinski definition) is 4. The maximum Gasteiger partial charge on any atom is 0.195 e. The first kappa shape index (κ1) is 13.3. The number of fused-ring (bicyclic) bond motifs is 1. The second-order valence-corrected chi connectivity index (χ2v) is 5.70. The number of nitrogens with zero attached hydrogens (tertiary/aromatic N) is 3. The molecule has 2 aromatic heterocycles. The zero-order valence-corrected chi connectivity index (χ0v) is 12.2. The molecule has 0 saturated heterocycles. The molecule has 0 aliphatic rings. The van der Waals surface area contributed by atoms with Gasteiger partial charge in [0, 0.05) is 29.2 Å². The van der Waals surface area contributed by atoms with Gasteiger partial charge in [-0.05, 0) is 30.3 Å². The highest BCUT2D eigenvalue weighted by atomic mass is 35.5. The van der Waals surface area contributed by atoms with E-state index >= 15 is 0 Å². The van der Waals surface area contributed by atoms with E-state index in [0.717, 1.165) is 33.8 Å². The lowest BCUT2D eigenvalue weighted by Gasteiger charge is -2.05. The van der Waals surface area contributed by atoms with E-state index in [1.165, 1.54) is 0 Å². The van der Waals surface area contributed by atoms with Crippen molar-refractivity contribution in [1.82, 2.24) is 14.6 Å². The molecule has 102 valence electrons. The van der Waals surface area contributed by atoms with Crippen LogP contribution in [0.1, 0.15) is 0 Å². The van der Waals surface area contributed by atoms with Gasteiger partial charge in [-0.15, -0.1) is 10.2 Å².